The van der Waals surface area contributed by atoms with Gasteiger partial charge >= 0.3 is 0 Å². The van der Waals surface area contributed by atoms with E-state index in [1.165, 1.54) is 6.07 Å². The molecule has 0 saturated heterocycles. The fourth-order valence-electron chi connectivity index (χ4n) is 1.96. The molecule has 6 heteroatoms. The smallest absolute Gasteiger partial charge is 0.164 e. The third-order valence-electron chi connectivity index (χ3n) is 2.76. The second-order valence-electron chi connectivity index (χ2n) is 3.94. The molecule has 0 aliphatic heterocycles. The molecular formula is C13H8BrClFN3. The van der Waals surface area contributed by atoms with Crippen molar-refractivity contribution in [3.63, 3.8) is 0 Å². The minimum absolute atomic E-state index is 0.186. The molecular weight excluding hydrogens is 333 g/mol. The number of aromatic nitrogens is 3. The number of hydrogen-bond acceptors (Lipinski definition) is 2. The van der Waals surface area contributed by atoms with Gasteiger partial charge in [0.1, 0.15) is 17.2 Å². The lowest BCUT2D eigenvalue weighted by molar-refractivity contribution is 0.616. The van der Waals surface area contributed by atoms with Crippen molar-refractivity contribution >= 4 is 38.7 Å². The first-order chi connectivity index (χ1) is 9.20. The highest BCUT2D eigenvalue weighted by Crippen LogP contribution is 2.25. The fraction of sp³-hybridized carbons (Fsp3) is 0.0769. The van der Waals surface area contributed by atoms with Gasteiger partial charge in [-0.3, -0.25) is 4.57 Å². The van der Waals surface area contributed by atoms with Gasteiger partial charge in [-0.2, -0.15) is 0 Å². The summed E-state index contributed by atoms with van der Waals surface area (Å²) >= 11 is 9.13. The van der Waals surface area contributed by atoms with E-state index in [1.807, 2.05) is 6.07 Å². The van der Waals surface area contributed by atoms with Crippen molar-refractivity contribution in [3.8, 4) is 5.69 Å². The average Bonchev–Trinajstić information content (AvgIpc) is 2.77. The topological polar surface area (TPSA) is 30.7 Å². The van der Waals surface area contributed by atoms with Crippen molar-refractivity contribution in [3.05, 3.63) is 52.6 Å². The zero-order valence-corrected chi connectivity index (χ0v) is 12.0. The van der Waals surface area contributed by atoms with E-state index in [0.717, 1.165) is 0 Å². The van der Waals surface area contributed by atoms with Crippen LogP contribution in [0.5, 0.6) is 0 Å². The first-order valence-corrected chi connectivity index (χ1v) is 6.87. The maximum Gasteiger partial charge on any atom is 0.164 e. The van der Waals surface area contributed by atoms with Crippen LogP contribution in [-0.4, -0.2) is 14.5 Å². The number of halogens is 3. The lowest BCUT2D eigenvalue weighted by atomic mass is 10.3. The van der Waals surface area contributed by atoms with E-state index in [9.17, 15) is 4.39 Å². The first-order valence-electron chi connectivity index (χ1n) is 5.54. The molecule has 0 aliphatic carbocycles. The van der Waals surface area contributed by atoms with Gasteiger partial charge in [-0.15, -0.1) is 11.6 Å². The summed E-state index contributed by atoms with van der Waals surface area (Å²) in [5.74, 6) is 0.397. The SMILES string of the molecule is Fc1cc(Br)ccc1-n1c(CCl)nc2cccnc21. The van der Waals surface area contributed by atoms with Gasteiger partial charge in [0.15, 0.2) is 5.65 Å². The zero-order chi connectivity index (χ0) is 13.4. The van der Waals surface area contributed by atoms with Crippen LogP contribution in [0.4, 0.5) is 4.39 Å². The molecule has 0 N–H and O–H groups in total. The van der Waals surface area contributed by atoms with Crippen LogP contribution in [0.2, 0.25) is 0 Å². The van der Waals surface area contributed by atoms with Gasteiger partial charge < -0.3 is 0 Å². The number of alkyl halides is 1. The molecule has 0 amide bonds. The molecule has 3 aromatic rings. The van der Waals surface area contributed by atoms with Crippen molar-refractivity contribution in [1.82, 2.24) is 14.5 Å². The van der Waals surface area contributed by atoms with E-state index in [4.69, 9.17) is 11.6 Å². The predicted molar refractivity (Wildman–Crippen MR) is 76.1 cm³/mol. The average molecular weight is 341 g/mol. The molecule has 0 unspecified atom stereocenters. The first kappa shape index (κ1) is 12.6. The van der Waals surface area contributed by atoms with Crippen LogP contribution in [0.15, 0.2) is 41.0 Å². The Kier molecular flexibility index (Phi) is 3.24. The molecule has 19 heavy (non-hydrogen) atoms. The number of nitrogens with zero attached hydrogens (tertiary/aromatic N) is 3. The molecule has 2 heterocycles. The van der Waals surface area contributed by atoms with E-state index in [-0.39, 0.29) is 11.7 Å². The van der Waals surface area contributed by atoms with Crippen LogP contribution in [0.25, 0.3) is 16.9 Å². The van der Waals surface area contributed by atoms with Gasteiger partial charge in [-0.05, 0) is 30.3 Å². The number of imidazole rings is 1. The minimum atomic E-state index is -0.356. The molecule has 96 valence electrons. The summed E-state index contributed by atoms with van der Waals surface area (Å²) < 4.78 is 16.4. The second-order valence-corrected chi connectivity index (χ2v) is 5.12. The lowest BCUT2D eigenvalue weighted by Gasteiger charge is -2.08. The van der Waals surface area contributed by atoms with Gasteiger partial charge in [0.05, 0.1) is 11.6 Å². The van der Waals surface area contributed by atoms with Gasteiger partial charge in [0.25, 0.3) is 0 Å². The maximum absolute atomic E-state index is 14.1. The Morgan fingerprint density at radius 1 is 1.32 bits per heavy atom. The quantitative estimate of drug-likeness (QED) is 0.659. The van der Waals surface area contributed by atoms with Gasteiger partial charge in [0.2, 0.25) is 0 Å². The highest BCUT2D eigenvalue weighted by Gasteiger charge is 2.15. The van der Waals surface area contributed by atoms with E-state index in [1.54, 1.807) is 29.0 Å². The Hall–Kier alpha value is -1.46. The Labute approximate surface area is 122 Å². The van der Waals surface area contributed by atoms with Crippen LogP contribution < -0.4 is 0 Å². The molecule has 3 rings (SSSR count). The summed E-state index contributed by atoms with van der Waals surface area (Å²) in [6, 6.07) is 8.46. The van der Waals surface area contributed by atoms with Gasteiger partial charge in [-0.25, -0.2) is 14.4 Å². The fourth-order valence-corrected chi connectivity index (χ4v) is 2.48. The molecule has 0 spiro atoms. The highest BCUT2D eigenvalue weighted by atomic mass is 79.9. The van der Waals surface area contributed by atoms with Crippen molar-refractivity contribution < 1.29 is 4.39 Å². The second kappa shape index (κ2) is 4.90. The zero-order valence-electron chi connectivity index (χ0n) is 9.65. The van der Waals surface area contributed by atoms with E-state index in [0.29, 0.717) is 27.1 Å². The predicted octanol–water partition coefficient (Wildman–Crippen LogP) is 4.06. The minimum Gasteiger partial charge on any atom is -0.277 e. The number of hydrogen-bond donors (Lipinski definition) is 0. The molecule has 0 atom stereocenters. The molecule has 3 nitrogen and oxygen atoms in total. The normalized spacial score (nSPS) is 11.1. The van der Waals surface area contributed by atoms with Crippen LogP contribution in [0, 0.1) is 5.82 Å². The van der Waals surface area contributed by atoms with Gasteiger partial charge in [0, 0.05) is 10.7 Å². The van der Waals surface area contributed by atoms with Gasteiger partial charge in [-0.1, -0.05) is 15.9 Å². The largest absolute Gasteiger partial charge is 0.277 e. The molecule has 0 saturated carbocycles. The number of benzene rings is 1. The van der Waals surface area contributed by atoms with Crippen LogP contribution in [-0.2, 0) is 5.88 Å². The third-order valence-corrected chi connectivity index (χ3v) is 3.49. The van der Waals surface area contributed by atoms with Crippen molar-refractivity contribution in [1.29, 1.82) is 0 Å². The summed E-state index contributed by atoms with van der Waals surface area (Å²) in [4.78, 5) is 8.61. The van der Waals surface area contributed by atoms with Crippen molar-refractivity contribution in [2.75, 3.05) is 0 Å². The van der Waals surface area contributed by atoms with E-state index < -0.39 is 0 Å². The Morgan fingerprint density at radius 2 is 2.16 bits per heavy atom. The van der Waals surface area contributed by atoms with Crippen LogP contribution in [0.3, 0.4) is 0 Å². The standard InChI is InChI=1S/C13H8BrClFN3/c14-8-3-4-11(9(16)6-8)19-12(7-15)18-10-2-1-5-17-13(10)19/h1-6H,7H2. The summed E-state index contributed by atoms with van der Waals surface area (Å²) in [5, 5.41) is 0. The van der Waals surface area contributed by atoms with E-state index in [2.05, 4.69) is 25.9 Å². The van der Waals surface area contributed by atoms with Crippen molar-refractivity contribution in [2.24, 2.45) is 0 Å². The molecule has 0 radical (unpaired) electrons. The van der Waals surface area contributed by atoms with Crippen LogP contribution >= 0.6 is 27.5 Å². The molecule has 0 fully saturated rings. The number of rotatable bonds is 2. The maximum atomic E-state index is 14.1. The monoisotopic (exact) mass is 339 g/mol. The Morgan fingerprint density at radius 3 is 2.89 bits per heavy atom. The van der Waals surface area contributed by atoms with Crippen molar-refractivity contribution in [2.45, 2.75) is 5.88 Å². The molecule has 0 aliphatic rings. The summed E-state index contributed by atoms with van der Waals surface area (Å²) in [7, 11) is 0. The molecule has 2 aromatic heterocycles. The van der Waals surface area contributed by atoms with Crippen LogP contribution in [0.1, 0.15) is 5.82 Å². The third kappa shape index (κ3) is 2.13. The summed E-state index contributed by atoms with van der Waals surface area (Å²) in [6.07, 6.45) is 1.65. The lowest BCUT2D eigenvalue weighted by Crippen LogP contribution is -2.02. The Balaban J connectivity index is 2.34. The summed E-state index contributed by atoms with van der Waals surface area (Å²) in [5.41, 5.74) is 1.68. The summed E-state index contributed by atoms with van der Waals surface area (Å²) in [6.45, 7) is 0. The molecule has 0 bridgehead atoms. The number of fused-ring (bicyclic) bond motifs is 1. The highest BCUT2D eigenvalue weighted by molar-refractivity contribution is 9.10. The Bertz CT molecular complexity index is 757. The molecule has 1 aromatic carbocycles. The number of pyridine rings is 1. The van der Waals surface area contributed by atoms with E-state index >= 15 is 0 Å².